The summed E-state index contributed by atoms with van der Waals surface area (Å²) in [6.07, 6.45) is 3.02. The third kappa shape index (κ3) is 5.14. The zero-order chi connectivity index (χ0) is 12.6. The molecule has 4 heteroatoms. The van der Waals surface area contributed by atoms with Gasteiger partial charge in [-0.3, -0.25) is 9.59 Å². The minimum Gasteiger partial charge on any atom is -0.465 e. The molecule has 1 atom stereocenters. The molecule has 0 spiro atoms. The van der Waals surface area contributed by atoms with Crippen molar-refractivity contribution in [1.82, 2.24) is 0 Å². The van der Waals surface area contributed by atoms with Crippen molar-refractivity contribution in [3.63, 3.8) is 0 Å². The van der Waals surface area contributed by atoms with E-state index in [0.29, 0.717) is 13.1 Å². The number of carbonyl (C=O) groups excluding carboxylic acids is 2. The van der Waals surface area contributed by atoms with Gasteiger partial charge < -0.3 is 9.47 Å². The first-order valence-electron chi connectivity index (χ1n) is 5.73. The van der Waals surface area contributed by atoms with Gasteiger partial charge in [-0.05, 0) is 27.2 Å². The second kappa shape index (κ2) is 7.25. The highest BCUT2D eigenvalue weighted by molar-refractivity contribution is 5.73. The second-order valence-electron chi connectivity index (χ2n) is 4.41. The summed E-state index contributed by atoms with van der Waals surface area (Å²) in [5.41, 5.74) is -0.816. The standard InChI is InChI=1S/C12H22O4/c1-5-6-7-8-15-11(14)10(2)12(3,4)16-9-13/h9-10H,5-8H2,1-4H3. The molecule has 4 nitrogen and oxygen atoms in total. The molecule has 0 N–H and O–H groups in total. The van der Waals surface area contributed by atoms with Crippen LogP contribution in [0.3, 0.4) is 0 Å². The molecule has 0 radical (unpaired) electrons. The number of hydrogen-bond donors (Lipinski definition) is 0. The maximum atomic E-state index is 11.6. The van der Waals surface area contributed by atoms with Gasteiger partial charge in [-0.15, -0.1) is 0 Å². The Balaban J connectivity index is 4.02. The number of carbonyl (C=O) groups is 2. The molecule has 0 heterocycles. The van der Waals surface area contributed by atoms with Crippen molar-refractivity contribution >= 4 is 12.4 Å². The Morgan fingerprint density at radius 3 is 2.50 bits per heavy atom. The third-order valence-electron chi connectivity index (χ3n) is 2.74. The molecule has 0 amide bonds. The van der Waals surface area contributed by atoms with Crippen LogP contribution >= 0.6 is 0 Å². The summed E-state index contributed by atoms with van der Waals surface area (Å²) < 4.78 is 9.96. The van der Waals surface area contributed by atoms with Gasteiger partial charge in [-0.1, -0.05) is 19.8 Å². The molecule has 1 unspecified atom stereocenters. The lowest BCUT2D eigenvalue weighted by Crippen LogP contribution is -2.38. The van der Waals surface area contributed by atoms with Crippen LogP contribution in [0, 0.1) is 5.92 Å². The van der Waals surface area contributed by atoms with Crippen LogP contribution in [-0.2, 0) is 19.1 Å². The van der Waals surface area contributed by atoms with Crippen molar-refractivity contribution < 1.29 is 19.1 Å². The van der Waals surface area contributed by atoms with Gasteiger partial charge in [-0.25, -0.2) is 0 Å². The quantitative estimate of drug-likeness (QED) is 0.365. The van der Waals surface area contributed by atoms with Crippen LogP contribution in [0.1, 0.15) is 47.0 Å². The predicted molar refractivity (Wildman–Crippen MR) is 60.9 cm³/mol. The van der Waals surface area contributed by atoms with Gasteiger partial charge in [0.1, 0.15) is 5.60 Å². The van der Waals surface area contributed by atoms with Gasteiger partial charge in [0.15, 0.2) is 0 Å². The van der Waals surface area contributed by atoms with E-state index < -0.39 is 11.5 Å². The fraction of sp³-hybridized carbons (Fsp3) is 0.833. The first-order valence-corrected chi connectivity index (χ1v) is 5.73. The number of esters is 1. The Bertz CT molecular complexity index is 223. The van der Waals surface area contributed by atoms with Crippen molar-refractivity contribution in [2.75, 3.05) is 6.61 Å². The molecule has 0 saturated carbocycles. The molecule has 0 aromatic heterocycles. The van der Waals surface area contributed by atoms with Crippen molar-refractivity contribution in [1.29, 1.82) is 0 Å². The lowest BCUT2D eigenvalue weighted by Gasteiger charge is -2.28. The Morgan fingerprint density at radius 1 is 1.38 bits per heavy atom. The summed E-state index contributed by atoms with van der Waals surface area (Å²) in [5.74, 6) is -0.776. The molecule has 0 aliphatic rings. The van der Waals surface area contributed by atoms with E-state index in [2.05, 4.69) is 6.92 Å². The second-order valence-corrected chi connectivity index (χ2v) is 4.41. The van der Waals surface area contributed by atoms with Gasteiger partial charge in [0.25, 0.3) is 6.47 Å². The normalized spacial score (nSPS) is 13.0. The van der Waals surface area contributed by atoms with Crippen LogP contribution in [0.2, 0.25) is 0 Å². The predicted octanol–water partition coefficient (Wildman–Crippen LogP) is 2.31. The summed E-state index contributed by atoms with van der Waals surface area (Å²) in [5, 5.41) is 0. The minimum atomic E-state index is -0.816. The van der Waals surface area contributed by atoms with Crippen molar-refractivity contribution in [2.24, 2.45) is 5.92 Å². The highest BCUT2D eigenvalue weighted by Gasteiger charge is 2.34. The molecular formula is C12H22O4. The maximum Gasteiger partial charge on any atom is 0.312 e. The van der Waals surface area contributed by atoms with E-state index in [1.165, 1.54) is 0 Å². The van der Waals surface area contributed by atoms with E-state index >= 15 is 0 Å². The van der Waals surface area contributed by atoms with Crippen LogP contribution in [0.5, 0.6) is 0 Å². The number of ether oxygens (including phenoxy) is 2. The minimum absolute atomic E-state index is 0.317. The zero-order valence-electron chi connectivity index (χ0n) is 10.6. The summed E-state index contributed by atoms with van der Waals surface area (Å²) in [6, 6.07) is 0. The van der Waals surface area contributed by atoms with Crippen LogP contribution in [0.4, 0.5) is 0 Å². The molecule has 0 saturated heterocycles. The third-order valence-corrected chi connectivity index (χ3v) is 2.74. The van der Waals surface area contributed by atoms with Crippen LogP contribution in [-0.4, -0.2) is 24.6 Å². The van der Waals surface area contributed by atoms with E-state index in [-0.39, 0.29) is 5.97 Å². The smallest absolute Gasteiger partial charge is 0.312 e. The van der Waals surface area contributed by atoms with Gasteiger partial charge in [0, 0.05) is 0 Å². The molecule has 16 heavy (non-hydrogen) atoms. The Kier molecular flexibility index (Phi) is 6.77. The molecule has 0 rings (SSSR count). The van der Waals surface area contributed by atoms with Gasteiger partial charge in [-0.2, -0.15) is 0 Å². The van der Waals surface area contributed by atoms with E-state index in [4.69, 9.17) is 9.47 Å². The fourth-order valence-electron chi connectivity index (χ4n) is 1.16. The average Bonchev–Trinajstić information content (AvgIpc) is 2.23. The number of hydrogen-bond acceptors (Lipinski definition) is 4. The molecule has 0 aromatic rings. The van der Waals surface area contributed by atoms with Gasteiger partial charge in [0.05, 0.1) is 12.5 Å². The molecule has 0 aromatic carbocycles. The summed E-state index contributed by atoms with van der Waals surface area (Å²) >= 11 is 0. The maximum absolute atomic E-state index is 11.6. The first kappa shape index (κ1) is 14.9. The topological polar surface area (TPSA) is 52.6 Å². The number of unbranched alkanes of at least 4 members (excludes halogenated alkanes) is 2. The van der Waals surface area contributed by atoms with E-state index in [1.807, 2.05) is 0 Å². The lowest BCUT2D eigenvalue weighted by molar-refractivity contribution is -0.163. The van der Waals surface area contributed by atoms with Crippen molar-refractivity contribution in [3.8, 4) is 0 Å². The highest BCUT2D eigenvalue weighted by atomic mass is 16.6. The van der Waals surface area contributed by atoms with Crippen LogP contribution in [0.25, 0.3) is 0 Å². The van der Waals surface area contributed by atoms with E-state index in [1.54, 1.807) is 20.8 Å². The molecule has 0 aliphatic heterocycles. The Morgan fingerprint density at radius 2 is 2.00 bits per heavy atom. The summed E-state index contributed by atoms with van der Waals surface area (Å²) in [4.78, 5) is 21.9. The van der Waals surface area contributed by atoms with Crippen molar-refractivity contribution in [2.45, 2.75) is 52.6 Å². The number of rotatable bonds is 8. The molecule has 0 bridgehead atoms. The average molecular weight is 230 g/mol. The van der Waals surface area contributed by atoms with Crippen LogP contribution in [0.15, 0.2) is 0 Å². The SMILES string of the molecule is CCCCCOC(=O)C(C)C(C)(C)OC=O. The highest BCUT2D eigenvalue weighted by Crippen LogP contribution is 2.21. The van der Waals surface area contributed by atoms with Crippen molar-refractivity contribution in [3.05, 3.63) is 0 Å². The molecular weight excluding hydrogens is 208 g/mol. The van der Waals surface area contributed by atoms with Gasteiger partial charge >= 0.3 is 5.97 Å². The zero-order valence-corrected chi connectivity index (χ0v) is 10.6. The Labute approximate surface area is 97.3 Å². The van der Waals surface area contributed by atoms with E-state index in [9.17, 15) is 9.59 Å². The molecule has 94 valence electrons. The van der Waals surface area contributed by atoms with Crippen LogP contribution < -0.4 is 0 Å². The summed E-state index contributed by atoms with van der Waals surface area (Å²) in [6.45, 7) is 7.98. The molecule has 0 fully saturated rings. The monoisotopic (exact) mass is 230 g/mol. The van der Waals surface area contributed by atoms with Gasteiger partial charge in [0.2, 0.25) is 0 Å². The first-order chi connectivity index (χ1) is 7.45. The largest absolute Gasteiger partial charge is 0.465 e. The summed E-state index contributed by atoms with van der Waals surface area (Å²) in [7, 11) is 0. The van der Waals surface area contributed by atoms with E-state index in [0.717, 1.165) is 19.3 Å². The molecule has 0 aliphatic carbocycles. The fourth-order valence-corrected chi connectivity index (χ4v) is 1.16. The Hall–Kier alpha value is -1.06. The lowest BCUT2D eigenvalue weighted by atomic mass is 9.93.